The smallest absolute Gasteiger partial charge is 0.0763 e. The van der Waals surface area contributed by atoms with E-state index < -0.39 is 0 Å². The number of rotatable bonds is 4. The van der Waals surface area contributed by atoms with E-state index in [1.54, 1.807) is 6.20 Å². The third-order valence-electron chi connectivity index (χ3n) is 2.23. The fraction of sp³-hybridized carbons (Fsp3) is 0.154. The monoisotopic (exact) mass is 211 g/mol. The second-order valence-electron chi connectivity index (χ2n) is 3.46. The largest absolute Gasteiger partial charge is 0.374 e. The summed E-state index contributed by atoms with van der Waals surface area (Å²) in [5, 5.41) is 7.32. The summed E-state index contributed by atoms with van der Waals surface area (Å²) in [6, 6.07) is 10.1. The second-order valence-corrected chi connectivity index (χ2v) is 3.46. The summed E-state index contributed by atoms with van der Waals surface area (Å²) in [5.74, 6) is 2.55. The van der Waals surface area contributed by atoms with E-state index in [1.165, 1.54) is 5.56 Å². The Balaban J connectivity index is 2.07. The van der Waals surface area contributed by atoms with Crippen LogP contribution in [0.15, 0.2) is 42.7 Å². The lowest BCUT2D eigenvalue weighted by Gasteiger charge is -2.06. The van der Waals surface area contributed by atoms with Crippen LogP contribution in [-0.2, 0) is 6.54 Å². The zero-order chi connectivity index (χ0) is 11.2. The minimum Gasteiger partial charge on any atom is -0.374 e. The number of nitrogens with one attached hydrogen (secondary N) is 1. The molecule has 0 aliphatic carbocycles. The van der Waals surface area contributed by atoms with Gasteiger partial charge in [0.25, 0.3) is 0 Å². The van der Waals surface area contributed by atoms with Crippen molar-refractivity contribution in [1.82, 2.24) is 9.78 Å². The van der Waals surface area contributed by atoms with Crippen LogP contribution in [0.4, 0.5) is 5.69 Å². The first-order chi connectivity index (χ1) is 7.88. The van der Waals surface area contributed by atoms with E-state index in [9.17, 15) is 0 Å². The lowest BCUT2D eigenvalue weighted by Crippen LogP contribution is -2.02. The molecule has 80 valence electrons. The number of aromatic nitrogens is 2. The molecule has 0 spiro atoms. The lowest BCUT2D eigenvalue weighted by molar-refractivity contribution is 0.687. The van der Waals surface area contributed by atoms with Crippen molar-refractivity contribution in [1.29, 1.82) is 0 Å². The quantitative estimate of drug-likeness (QED) is 0.784. The maximum absolute atomic E-state index is 5.20. The SMILES string of the molecule is C#CCNc1cccc(Cn2cccn2)c1. The zero-order valence-electron chi connectivity index (χ0n) is 8.93. The van der Waals surface area contributed by atoms with Crippen molar-refractivity contribution in [3.8, 4) is 12.3 Å². The number of terminal acetylenes is 1. The number of benzene rings is 1. The normalized spacial score (nSPS) is 9.69. The molecule has 0 bridgehead atoms. The van der Waals surface area contributed by atoms with Crippen LogP contribution in [0, 0.1) is 12.3 Å². The van der Waals surface area contributed by atoms with Crippen molar-refractivity contribution < 1.29 is 0 Å². The van der Waals surface area contributed by atoms with Gasteiger partial charge in [0.05, 0.1) is 13.1 Å². The average Bonchev–Trinajstić information content (AvgIpc) is 2.80. The van der Waals surface area contributed by atoms with Gasteiger partial charge in [0.15, 0.2) is 0 Å². The van der Waals surface area contributed by atoms with E-state index in [1.807, 2.05) is 29.1 Å². The molecule has 1 N–H and O–H groups in total. The van der Waals surface area contributed by atoms with E-state index in [4.69, 9.17) is 6.42 Å². The Labute approximate surface area is 95.1 Å². The number of hydrogen-bond donors (Lipinski definition) is 1. The molecule has 0 atom stereocenters. The molecule has 3 heteroatoms. The molecule has 0 radical (unpaired) electrons. The van der Waals surface area contributed by atoms with Crippen molar-refractivity contribution in [2.45, 2.75) is 6.54 Å². The van der Waals surface area contributed by atoms with Crippen LogP contribution in [0.2, 0.25) is 0 Å². The molecule has 0 saturated heterocycles. The molecule has 3 nitrogen and oxygen atoms in total. The van der Waals surface area contributed by atoms with Crippen LogP contribution >= 0.6 is 0 Å². The van der Waals surface area contributed by atoms with Gasteiger partial charge in [-0.25, -0.2) is 0 Å². The predicted octanol–water partition coefficient (Wildman–Crippen LogP) is 1.98. The van der Waals surface area contributed by atoms with Gasteiger partial charge in [0.2, 0.25) is 0 Å². The molecule has 0 fully saturated rings. The van der Waals surface area contributed by atoms with Crippen molar-refractivity contribution in [3.05, 3.63) is 48.3 Å². The van der Waals surface area contributed by atoms with Gasteiger partial charge < -0.3 is 5.32 Å². The van der Waals surface area contributed by atoms with E-state index >= 15 is 0 Å². The highest BCUT2D eigenvalue weighted by Crippen LogP contribution is 2.11. The maximum Gasteiger partial charge on any atom is 0.0763 e. The van der Waals surface area contributed by atoms with Gasteiger partial charge in [-0.3, -0.25) is 4.68 Å². The van der Waals surface area contributed by atoms with E-state index in [2.05, 4.69) is 28.5 Å². The minimum atomic E-state index is 0.547. The fourth-order valence-corrected chi connectivity index (χ4v) is 1.51. The zero-order valence-corrected chi connectivity index (χ0v) is 8.93. The molecule has 2 rings (SSSR count). The van der Waals surface area contributed by atoms with Gasteiger partial charge in [0, 0.05) is 18.1 Å². The third-order valence-corrected chi connectivity index (χ3v) is 2.23. The Bertz CT molecular complexity index is 480. The maximum atomic E-state index is 5.20. The van der Waals surface area contributed by atoms with E-state index in [0.717, 1.165) is 12.2 Å². The van der Waals surface area contributed by atoms with Gasteiger partial charge in [-0.1, -0.05) is 18.1 Å². The fourth-order valence-electron chi connectivity index (χ4n) is 1.51. The van der Waals surface area contributed by atoms with Crippen LogP contribution in [0.1, 0.15) is 5.56 Å². The van der Waals surface area contributed by atoms with Crippen molar-refractivity contribution in [2.24, 2.45) is 0 Å². The Morgan fingerprint density at radius 1 is 1.38 bits per heavy atom. The summed E-state index contributed by atoms with van der Waals surface area (Å²) in [7, 11) is 0. The Kier molecular flexibility index (Phi) is 3.25. The van der Waals surface area contributed by atoms with Gasteiger partial charge >= 0.3 is 0 Å². The Morgan fingerprint density at radius 2 is 2.31 bits per heavy atom. The molecular formula is C13H13N3. The van der Waals surface area contributed by atoms with Crippen LogP contribution < -0.4 is 5.32 Å². The van der Waals surface area contributed by atoms with E-state index in [0.29, 0.717) is 6.54 Å². The molecule has 0 saturated carbocycles. The van der Waals surface area contributed by atoms with Gasteiger partial charge in [0.1, 0.15) is 0 Å². The van der Waals surface area contributed by atoms with Crippen molar-refractivity contribution in [3.63, 3.8) is 0 Å². The Morgan fingerprint density at radius 3 is 3.06 bits per heavy atom. The standard InChI is InChI=1S/C13H13N3/c1-2-7-14-13-6-3-5-12(10-13)11-16-9-4-8-15-16/h1,3-6,8-10,14H,7,11H2. The summed E-state index contributed by atoms with van der Waals surface area (Å²) in [4.78, 5) is 0. The first-order valence-corrected chi connectivity index (χ1v) is 5.12. The summed E-state index contributed by atoms with van der Waals surface area (Å²) in [6.45, 7) is 1.32. The summed E-state index contributed by atoms with van der Waals surface area (Å²) in [6.07, 6.45) is 8.92. The van der Waals surface area contributed by atoms with Crippen molar-refractivity contribution in [2.75, 3.05) is 11.9 Å². The van der Waals surface area contributed by atoms with Gasteiger partial charge in [-0.2, -0.15) is 5.10 Å². The second kappa shape index (κ2) is 5.04. The number of anilines is 1. The molecule has 1 aromatic carbocycles. The van der Waals surface area contributed by atoms with Crippen LogP contribution in [0.25, 0.3) is 0 Å². The molecule has 0 aliphatic heterocycles. The topological polar surface area (TPSA) is 29.9 Å². The minimum absolute atomic E-state index is 0.547. The summed E-state index contributed by atoms with van der Waals surface area (Å²) in [5.41, 5.74) is 2.24. The highest BCUT2D eigenvalue weighted by atomic mass is 15.3. The lowest BCUT2D eigenvalue weighted by atomic mass is 10.2. The molecule has 2 aromatic rings. The van der Waals surface area contributed by atoms with Crippen LogP contribution in [0.5, 0.6) is 0 Å². The highest BCUT2D eigenvalue weighted by Gasteiger charge is 1.96. The van der Waals surface area contributed by atoms with Crippen LogP contribution in [0.3, 0.4) is 0 Å². The van der Waals surface area contributed by atoms with Crippen LogP contribution in [-0.4, -0.2) is 16.3 Å². The Hall–Kier alpha value is -2.21. The summed E-state index contributed by atoms with van der Waals surface area (Å²) >= 11 is 0. The van der Waals surface area contributed by atoms with Gasteiger partial charge in [-0.05, 0) is 23.8 Å². The first-order valence-electron chi connectivity index (χ1n) is 5.12. The molecular weight excluding hydrogens is 198 g/mol. The summed E-state index contributed by atoms with van der Waals surface area (Å²) < 4.78 is 1.89. The molecule has 1 aromatic heterocycles. The van der Waals surface area contributed by atoms with Crippen molar-refractivity contribution >= 4 is 5.69 Å². The van der Waals surface area contributed by atoms with Gasteiger partial charge in [-0.15, -0.1) is 6.42 Å². The number of nitrogens with zero attached hydrogens (tertiary/aromatic N) is 2. The molecule has 16 heavy (non-hydrogen) atoms. The first kappa shape index (κ1) is 10.3. The molecule has 0 aliphatic rings. The highest BCUT2D eigenvalue weighted by molar-refractivity contribution is 5.46. The molecule has 0 unspecified atom stereocenters. The van der Waals surface area contributed by atoms with E-state index in [-0.39, 0.29) is 0 Å². The number of hydrogen-bond acceptors (Lipinski definition) is 2. The predicted molar refractivity (Wildman–Crippen MR) is 65.1 cm³/mol. The molecule has 1 heterocycles. The average molecular weight is 211 g/mol. The molecule has 0 amide bonds. The third kappa shape index (κ3) is 2.64.